The maximum absolute atomic E-state index is 13.3. The van der Waals surface area contributed by atoms with E-state index in [9.17, 15) is 17.6 Å². The molecular formula is C12H16FNO5S. The lowest BCUT2D eigenvalue weighted by Crippen LogP contribution is -2.36. The lowest BCUT2D eigenvalue weighted by molar-refractivity contribution is -0.137. The molecule has 1 aromatic rings. The van der Waals surface area contributed by atoms with Crippen molar-refractivity contribution < 1.29 is 27.4 Å². The largest absolute Gasteiger partial charge is 0.494 e. The summed E-state index contributed by atoms with van der Waals surface area (Å²) in [5.74, 6) is -2.15. The molecule has 8 heteroatoms. The van der Waals surface area contributed by atoms with E-state index in [4.69, 9.17) is 9.84 Å². The number of aliphatic carboxylic acids is 1. The Labute approximate surface area is 116 Å². The van der Waals surface area contributed by atoms with Gasteiger partial charge in [0.1, 0.15) is 6.54 Å². The molecule has 0 aromatic heterocycles. The topological polar surface area (TPSA) is 83.9 Å². The second-order valence-electron chi connectivity index (χ2n) is 4.03. The van der Waals surface area contributed by atoms with Crippen molar-refractivity contribution in [3.05, 3.63) is 24.0 Å². The van der Waals surface area contributed by atoms with Crippen molar-refractivity contribution in [2.45, 2.75) is 18.2 Å². The van der Waals surface area contributed by atoms with Crippen LogP contribution in [0, 0.1) is 5.82 Å². The summed E-state index contributed by atoms with van der Waals surface area (Å²) in [5, 5.41) is 8.77. The van der Waals surface area contributed by atoms with Crippen molar-refractivity contribution in [1.29, 1.82) is 0 Å². The first kappa shape index (κ1) is 16.4. The number of carboxylic acid groups (broad SMARTS) is 1. The highest BCUT2D eigenvalue weighted by atomic mass is 32.2. The maximum Gasteiger partial charge on any atom is 0.318 e. The molecule has 20 heavy (non-hydrogen) atoms. The summed E-state index contributed by atoms with van der Waals surface area (Å²) in [6.07, 6.45) is 0.463. The number of rotatable bonds is 7. The van der Waals surface area contributed by atoms with Crippen LogP contribution in [0.25, 0.3) is 0 Å². The number of carboxylic acids is 1. The Morgan fingerprint density at radius 2 is 2.10 bits per heavy atom. The fourth-order valence-corrected chi connectivity index (χ4v) is 3.13. The van der Waals surface area contributed by atoms with Crippen LogP contribution in [0.1, 0.15) is 13.3 Å². The van der Waals surface area contributed by atoms with Crippen molar-refractivity contribution in [1.82, 2.24) is 4.31 Å². The molecule has 0 spiro atoms. The van der Waals surface area contributed by atoms with Gasteiger partial charge < -0.3 is 9.84 Å². The molecule has 0 radical (unpaired) electrons. The minimum absolute atomic E-state index is 0.0638. The van der Waals surface area contributed by atoms with Gasteiger partial charge in [-0.15, -0.1) is 0 Å². The molecule has 0 fully saturated rings. The summed E-state index contributed by atoms with van der Waals surface area (Å²) in [4.78, 5) is 10.5. The van der Waals surface area contributed by atoms with Crippen LogP contribution >= 0.6 is 0 Å². The van der Waals surface area contributed by atoms with Gasteiger partial charge in [-0.2, -0.15) is 4.31 Å². The average molecular weight is 305 g/mol. The molecule has 0 aliphatic rings. The smallest absolute Gasteiger partial charge is 0.318 e. The van der Waals surface area contributed by atoms with Gasteiger partial charge in [0, 0.05) is 12.6 Å². The van der Waals surface area contributed by atoms with Crippen LogP contribution in [0.5, 0.6) is 5.75 Å². The Bertz CT molecular complexity index is 588. The Balaban J connectivity index is 3.21. The van der Waals surface area contributed by atoms with Crippen molar-refractivity contribution >= 4 is 16.0 Å². The van der Waals surface area contributed by atoms with Crippen LogP contribution in [-0.4, -0.2) is 44.0 Å². The first-order valence-corrected chi connectivity index (χ1v) is 7.32. The standard InChI is InChI=1S/C12H16FNO5S/c1-3-6-14(8-12(15)16)20(17,18)9-4-5-10(13)11(7-9)19-2/h4-5,7H,3,6,8H2,1-2H3,(H,15,16). The van der Waals surface area contributed by atoms with E-state index in [0.29, 0.717) is 6.42 Å². The minimum atomic E-state index is -4.00. The Morgan fingerprint density at radius 1 is 1.45 bits per heavy atom. The molecule has 0 aliphatic heterocycles. The predicted octanol–water partition coefficient (Wildman–Crippen LogP) is 1.32. The quantitative estimate of drug-likeness (QED) is 0.821. The Kier molecular flexibility index (Phi) is 5.46. The number of benzene rings is 1. The second-order valence-corrected chi connectivity index (χ2v) is 5.97. The van der Waals surface area contributed by atoms with Crippen molar-refractivity contribution in [3.63, 3.8) is 0 Å². The van der Waals surface area contributed by atoms with Crippen LogP contribution < -0.4 is 4.74 Å². The number of nitrogens with zero attached hydrogens (tertiary/aromatic N) is 1. The van der Waals surface area contributed by atoms with Crippen molar-refractivity contribution in [3.8, 4) is 5.75 Å². The molecular weight excluding hydrogens is 289 g/mol. The van der Waals surface area contributed by atoms with Gasteiger partial charge in [-0.3, -0.25) is 4.79 Å². The van der Waals surface area contributed by atoms with Gasteiger partial charge in [-0.25, -0.2) is 12.8 Å². The lowest BCUT2D eigenvalue weighted by Gasteiger charge is -2.20. The van der Waals surface area contributed by atoms with Gasteiger partial charge in [-0.1, -0.05) is 6.92 Å². The molecule has 0 aliphatic carbocycles. The number of carbonyl (C=O) groups is 1. The summed E-state index contributed by atoms with van der Waals surface area (Å²) in [7, 11) is -2.78. The zero-order valence-electron chi connectivity index (χ0n) is 11.2. The fraction of sp³-hybridized carbons (Fsp3) is 0.417. The van der Waals surface area contributed by atoms with Gasteiger partial charge in [0.15, 0.2) is 11.6 Å². The summed E-state index contributed by atoms with van der Waals surface area (Å²) in [6, 6.07) is 3.09. The molecule has 0 atom stereocenters. The molecule has 0 heterocycles. The van der Waals surface area contributed by atoms with E-state index in [1.165, 1.54) is 7.11 Å². The maximum atomic E-state index is 13.3. The van der Waals surface area contributed by atoms with E-state index in [1.54, 1.807) is 6.92 Å². The molecule has 1 rings (SSSR count). The lowest BCUT2D eigenvalue weighted by atomic mass is 10.3. The van der Waals surface area contributed by atoms with Gasteiger partial charge in [0.05, 0.1) is 12.0 Å². The van der Waals surface area contributed by atoms with Crippen LogP contribution in [0.3, 0.4) is 0 Å². The second kappa shape index (κ2) is 6.67. The van der Waals surface area contributed by atoms with E-state index in [0.717, 1.165) is 22.5 Å². The first-order chi connectivity index (χ1) is 9.32. The number of hydrogen-bond donors (Lipinski definition) is 1. The van der Waals surface area contributed by atoms with E-state index < -0.39 is 28.4 Å². The number of ether oxygens (including phenoxy) is 1. The van der Waals surface area contributed by atoms with E-state index in [1.807, 2.05) is 0 Å². The van der Waals surface area contributed by atoms with Crippen LogP contribution in [-0.2, 0) is 14.8 Å². The highest BCUT2D eigenvalue weighted by molar-refractivity contribution is 7.89. The minimum Gasteiger partial charge on any atom is -0.494 e. The van der Waals surface area contributed by atoms with Crippen LogP contribution in [0.2, 0.25) is 0 Å². The van der Waals surface area contributed by atoms with E-state index in [-0.39, 0.29) is 17.2 Å². The Morgan fingerprint density at radius 3 is 2.60 bits per heavy atom. The molecule has 1 N–H and O–H groups in total. The molecule has 1 aromatic carbocycles. The Hall–Kier alpha value is -1.67. The predicted molar refractivity (Wildman–Crippen MR) is 69.6 cm³/mol. The molecule has 112 valence electrons. The van der Waals surface area contributed by atoms with Gasteiger partial charge in [-0.05, 0) is 18.6 Å². The van der Waals surface area contributed by atoms with Crippen LogP contribution in [0.15, 0.2) is 23.1 Å². The normalized spacial score (nSPS) is 11.6. The zero-order chi connectivity index (χ0) is 15.3. The number of sulfonamides is 1. The number of methoxy groups -OCH3 is 1. The monoisotopic (exact) mass is 305 g/mol. The highest BCUT2D eigenvalue weighted by Gasteiger charge is 2.26. The van der Waals surface area contributed by atoms with Gasteiger partial charge in [0.2, 0.25) is 10.0 Å². The average Bonchev–Trinajstić information content (AvgIpc) is 2.38. The number of hydrogen-bond acceptors (Lipinski definition) is 4. The molecule has 6 nitrogen and oxygen atoms in total. The summed E-state index contributed by atoms with van der Waals surface area (Å²) in [5.41, 5.74) is 0. The molecule has 0 saturated heterocycles. The molecule has 0 saturated carbocycles. The van der Waals surface area contributed by atoms with Gasteiger partial charge in [0.25, 0.3) is 0 Å². The summed E-state index contributed by atoms with van der Waals surface area (Å²) >= 11 is 0. The zero-order valence-corrected chi connectivity index (χ0v) is 12.0. The van der Waals surface area contributed by atoms with Crippen molar-refractivity contribution in [2.75, 3.05) is 20.2 Å². The summed E-state index contributed by atoms with van der Waals surface area (Å²) in [6.45, 7) is 1.15. The van der Waals surface area contributed by atoms with Crippen molar-refractivity contribution in [2.24, 2.45) is 0 Å². The van der Waals surface area contributed by atoms with Crippen LogP contribution in [0.4, 0.5) is 4.39 Å². The third-order valence-corrected chi connectivity index (χ3v) is 4.39. The summed E-state index contributed by atoms with van der Waals surface area (Å²) < 4.78 is 43.5. The molecule has 0 amide bonds. The SMILES string of the molecule is CCCN(CC(=O)O)S(=O)(=O)c1ccc(F)c(OC)c1. The molecule has 0 bridgehead atoms. The molecule has 0 unspecified atom stereocenters. The van der Waals surface area contributed by atoms with E-state index >= 15 is 0 Å². The van der Waals surface area contributed by atoms with E-state index in [2.05, 4.69) is 0 Å². The fourth-order valence-electron chi connectivity index (χ4n) is 1.63. The third-order valence-electron chi connectivity index (χ3n) is 2.54. The third kappa shape index (κ3) is 3.67. The van der Waals surface area contributed by atoms with Gasteiger partial charge >= 0.3 is 5.97 Å². The first-order valence-electron chi connectivity index (χ1n) is 5.88. The highest BCUT2D eigenvalue weighted by Crippen LogP contribution is 2.24. The number of halogens is 1.